The van der Waals surface area contributed by atoms with Crippen LogP contribution in [0.25, 0.3) is 20.5 Å². The van der Waals surface area contributed by atoms with Crippen LogP contribution in [0.1, 0.15) is 19.4 Å². The third-order valence-corrected chi connectivity index (χ3v) is 6.77. The molecule has 0 atom stereocenters. The molecule has 4 rings (SSSR count). The first-order chi connectivity index (χ1) is 13.2. The number of hydrogen-bond acceptors (Lipinski definition) is 2. The van der Waals surface area contributed by atoms with Gasteiger partial charge in [-0.3, -0.25) is 0 Å². The van der Waals surface area contributed by atoms with E-state index in [1.165, 1.54) is 26.1 Å². The maximum atomic E-state index is 5.96. The molecule has 0 saturated heterocycles. The van der Waals surface area contributed by atoms with Gasteiger partial charge in [-0.25, -0.2) is 0 Å². The zero-order chi connectivity index (χ0) is 19.2. The van der Waals surface area contributed by atoms with Crippen molar-refractivity contribution in [3.05, 3.63) is 87.3 Å². The Kier molecular flexibility index (Phi) is 7.11. The van der Waals surface area contributed by atoms with E-state index in [9.17, 15) is 0 Å². The molecule has 27 heavy (non-hydrogen) atoms. The lowest BCUT2D eigenvalue weighted by Crippen LogP contribution is -1.94. The fourth-order valence-corrected chi connectivity index (χ4v) is 5.00. The van der Waals surface area contributed by atoms with Gasteiger partial charge in [-0.1, -0.05) is 72.2 Å². The maximum absolute atomic E-state index is 5.96. The fourth-order valence-electron chi connectivity index (χ4n) is 2.66. The molecule has 0 aliphatic rings. The third kappa shape index (κ3) is 4.81. The summed E-state index contributed by atoms with van der Waals surface area (Å²) in [6.45, 7) is 4.58. The molecular formula is C23H20Br2OS. The second-order valence-corrected chi connectivity index (χ2v) is 8.45. The Morgan fingerprint density at radius 2 is 1.56 bits per heavy atom. The summed E-state index contributed by atoms with van der Waals surface area (Å²) in [5.41, 5.74) is 2.38. The van der Waals surface area contributed by atoms with Crippen molar-refractivity contribution in [1.82, 2.24) is 0 Å². The molecule has 0 fully saturated rings. The molecule has 3 aromatic carbocycles. The Bertz CT molecular complexity index is 1010. The van der Waals surface area contributed by atoms with Gasteiger partial charge in [0.25, 0.3) is 0 Å². The van der Waals surface area contributed by atoms with Crippen molar-refractivity contribution in [1.29, 1.82) is 0 Å². The zero-order valence-corrected chi connectivity index (χ0v) is 19.2. The molecule has 0 saturated carbocycles. The predicted molar refractivity (Wildman–Crippen MR) is 125 cm³/mol. The van der Waals surface area contributed by atoms with Crippen LogP contribution in [-0.4, -0.2) is 0 Å². The summed E-state index contributed by atoms with van der Waals surface area (Å²) in [5, 5.41) is 1.22. The van der Waals surface area contributed by atoms with Gasteiger partial charge in [-0.05, 0) is 57.4 Å². The van der Waals surface area contributed by atoms with Gasteiger partial charge in [0.05, 0.1) is 0 Å². The molecule has 1 aromatic heterocycles. The molecular weight excluding hydrogens is 484 g/mol. The van der Waals surface area contributed by atoms with Gasteiger partial charge in [0.15, 0.2) is 0 Å². The molecule has 0 amide bonds. The Balaban J connectivity index is 0.00000102. The number of rotatable bonds is 4. The molecule has 0 N–H and O–H groups in total. The largest absolute Gasteiger partial charge is 0.489 e. The first-order valence-electron chi connectivity index (χ1n) is 8.85. The van der Waals surface area contributed by atoms with Crippen LogP contribution in [0.15, 0.2) is 81.7 Å². The quantitative estimate of drug-likeness (QED) is 0.270. The van der Waals surface area contributed by atoms with Crippen molar-refractivity contribution >= 4 is 53.3 Å². The first-order valence-corrected chi connectivity index (χ1v) is 11.3. The Morgan fingerprint density at radius 1 is 0.852 bits per heavy atom. The summed E-state index contributed by atoms with van der Waals surface area (Å²) >= 11 is 9.03. The minimum absolute atomic E-state index is 0.582. The molecule has 0 unspecified atom stereocenters. The van der Waals surface area contributed by atoms with E-state index in [1.807, 2.05) is 38.1 Å². The predicted octanol–water partition coefficient (Wildman–Crippen LogP) is 8.70. The SMILES string of the molecule is Brc1ccc(-c2sc3cc(OCc4ccccc4)ccc3c2Br)cc1.CC. The molecule has 1 nitrogen and oxygen atoms in total. The minimum atomic E-state index is 0.582. The highest BCUT2D eigenvalue weighted by atomic mass is 79.9. The van der Waals surface area contributed by atoms with E-state index in [0.29, 0.717) is 6.61 Å². The first kappa shape index (κ1) is 20.1. The van der Waals surface area contributed by atoms with Crippen molar-refractivity contribution in [3.8, 4) is 16.2 Å². The normalized spacial score (nSPS) is 10.4. The van der Waals surface area contributed by atoms with Crippen LogP contribution in [0, 0.1) is 0 Å². The number of halogens is 2. The lowest BCUT2D eigenvalue weighted by atomic mass is 10.1. The number of ether oxygens (including phenoxy) is 1. The lowest BCUT2D eigenvalue weighted by Gasteiger charge is -2.06. The van der Waals surface area contributed by atoms with Gasteiger partial charge < -0.3 is 4.74 Å². The van der Waals surface area contributed by atoms with Crippen LogP contribution in [0.2, 0.25) is 0 Å². The summed E-state index contributed by atoms with van der Waals surface area (Å²) in [6.07, 6.45) is 0. The van der Waals surface area contributed by atoms with Crippen molar-refractivity contribution in [2.75, 3.05) is 0 Å². The van der Waals surface area contributed by atoms with Crippen molar-refractivity contribution in [2.24, 2.45) is 0 Å². The van der Waals surface area contributed by atoms with Crippen LogP contribution < -0.4 is 4.74 Å². The average molecular weight is 504 g/mol. The topological polar surface area (TPSA) is 9.23 Å². The van der Waals surface area contributed by atoms with E-state index in [-0.39, 0.29) is 0 Å². The average Bonchev–Trinajstić information content (AvgIpc) is 3.05. The Hall–Kier alpha value is -1.62. The van der Waals surface area contributed by atoms with E-state index in [1.54, 1.807) is 11.3 Å². The van der Waals surface area contributed by atoms with E-state index in [0.717, 1.165) is 14.7 Å². The molecule has 0 aliphatic heterocycles. The molecule has 0 aliphatic carbocycles. The highest BCUT2D eigenvalue weighted by Crippen LogP contribution is 2.43. The van der Waals surface area contributed by atoms with Crippen LogP contribution in [0.3, 0.4) is 0 Å². The molecule has 4 aromatic rings. The van der Waals surface area contributed by atoms with Crippen molar-refractivity contribution < 1.29 is 4.74 Å². The fraction of sp³-hybridized carbons (Fsp3) is 0.130. The molecule has 4 heteroatoms. The summed E-state index contributed by atoms with van der Waals surface area (Å²) in [5.74, 6) is 0.896. The number of fused-ring (bicyclic) bond motifs is 1. The van der Waals surface area contributed by atoms with E-state index in [2.05, 4.69) is 80.4 Å². The summed E-state index contributed by atoms with van der Waals surface area (Å²) in [6, 6.07) is 24.9. The van der Waals surface area contributed by atoms with Crippen LogP contribution in [0.5, 0.6) is 5.75 Å². The standard InChI is InChI=1S/C21H14Br2OS.C2H6/c22-16-8-6-15(7-9-16)21-20(23)18-11-10-17(12-19(18)25-21)24-13-14-4-2-1-3-5-14;1-2/h1-12H,13H2;1-2H3. The monoisotopic (exact) mass is 502 g/mol. The van der Waals surface area contributed by atoms with E-state index >= 15 is 0 Å². The zero-order valence-electron chi connectivity index (χ0n) is 15.2. The number of benzene rings is 3. The highest BCUT2D eigenvalue weighted by Gasteiger charge is 2.12. The molecule has 1 heterocycles. The van der Waals surface area contributed by atoms with Crippen molar-refractivity contribution in [2.45, 2.75) is 20.5 Å². The minimum Gasteiger partial charge on any atom is -0.489 e. The van der Waals surface area contributed by atoms with Gasteiger partial charge in [-0.15, -0.1) is 11.3 Å². The molecule has 0 spiro atoms. The third-order valence-electron chi connectivity index (χ3n) is 3.96. The van der Waals surface area contributed by atoms with Gasteiger partial charge in [0.2, 0.25) is 0 Å². The van der Waals surface area contributed by atoms with E-state index in [4.69, 9.17) is 4.74 Å². The molecule has 0 radical (unpaired) electrons. The van der Waals surface area contributed by atoms with E-state index < -0.39 is 0 Å². The van der Waals surface area contributed by atoms with Gasteiger partial charge in [0.1, 0.15) is 12.4 Å². The molecule has 138 valence electrons. The number of thiophene rings is 1. The second-order valence-electron chi connectivity index (χ2n) is 5.68. The molecule has 0 bridgehead atoms. The second kappa shape index (κ2) is 9.54. The highest BCUT2D eigenvalue weighted by molar-refractivity contribution is 9.11. The van der Waals surface area contributed by atoms with Crippen LogP contribution in [-0.2, 0) is 6.61 Å². The smallest absolute Gasteiger partial charge is 0.121 e. The summed E-state index contributed by atoms with van der Waals surface area (Å²) in [4.78, 5) is 1.24. The Labute approximate surface area is 181 Å². The van der Waals surface area contributed by atoms with Crippen LogP contribution >= 0.6 is 43.2 Å². The lowest BCUT2D eigenvalue weighted by molar-refractivity contribution is 0.306. The maximum Gasteiger partial charge on any atom is 0.121 e. The summed E-state index contributed by atoms with van der Waals surface area (Å²) in [7, 11) is 0. The van der Waals surface area contributed by atoms with Gasteiger partial charge >= 0.3 is 0 Å². The van der Waals surface area contributed by atoms with Gasteiger partial charge in [0, 0.05) is 23.9 Å². The van der Waals surface area contributed by atoms with Gasteiger partial charge in [-0.2, -0.15) is 0 Å². The Morgan fingerprint density at radius 3 is 2.26 bits per heavy atom. The van der Waals surface area contributed by atoms with Crippen molar-refractivity contribution in [3.63, 3.8) is 0 Å². The number of hydrogen-bond donors (Lipinski definition) is 0. The van der Waals surface area contributed by atoms with Crippen LogP contribution in [0.4, 0.5) is 0 Å². The summed E-state index contributed by atoms with van der Waals surface area (Å²) < 4.78 is 9.40.